The fourth-order valence-corrected chi connectivity index (χ4v) is 2.80. The molecule has 0 saturated heterocycles. The van der Waals surface area contributed by atoms with Gasteiger partial charge < -0.3 is 14.6 Å². The Labute approximate surface area is 156 Å². The van der Waals surface area contributed by atoms with Crippen LogP contribution in [-0.4, -0.2) is 30.4 Å². The topological polar surface area (TPSA) is 55.8 Å². The minimum absolute atomic E-state index is 0.135. The summed E-state index contributed by atoms with van der Waals surface area (Å²) >= 11 is 3.37. The van der Waals surface area contributed by atoms with Crippen molar-refractivity contribution in [1.29, 1.82) is 0 Å². The average molecular weight is 405 g/mol. The van der Waals surface area contributed by atoms with Crippen LogP contribution < -0.4 is 0 Å². The van der Waals surface area contributed by atoms with Crippen molar-refractivity contribution >= 4 is 21.7 Å². The Morgan fingerprint density at radius 3 is 2.32 bits per heavy atom. The van der Waals surface area contributed by atoms with E-state index in [-0.39, 0.29) is 5.78 Å². The number of carbonyl (C=O) groups is 1. The predicted octanol–water partition coefficient (Wildman–Crippen LogP) is 3.52. The van der Waals surface area contributed by atoms with Gasteiger partial charge in [0.15, 0.2) is 5.78 Å². The van der Waals surface area contributed by atoms with E-state index >= 15 is 0 Å². The molecule has 1 aliphatic carbocycles. The van der Waals surface area contributed by atoms with Crippen LogP contribution in [0.2, 0.25) is 0 Å². The van der Waals surface area contributed by atoms with Crippen LogP contribution in [0.4, 0.5) is 0 Å². The van der Waals surface area contributed by atoms with E-state index in [1.54, 1.807) is 20.5 Å². The number of hydrogen-bond donors (Lipinski definition) is 1. The Morgan fingerprint density at radius 1 is 1.16 bits per heavy atom. The Hall–Kier alpha value is -1.95. The first kappa shape index (κ1) is 19.4. The smallest absolute Gasteiger partial charge is 0.178 e. The number of allylic oxidation sites excluding steroid dienone is 3. The van der Waals surface area contributed by atoms with Gasteiger partial charge in [0.25, 0.3) is 0 Å². The highest BCUT2D eigenvalue weighted by Crippen LogP contribution is 2.32. The first-order valence-corrected chi connectivity index (χ1v) is 8.87. The molecule has 1 atom stereocenters. The molecule has 1 N–H and O–H groups in total. The molecule has 0 radical (unpaired) electrons. The number of hydrogen-bond acceptors (Lipinski definition) is 4. The molecular weight excluding hydrogens is 384 g/mol. The lowest BCUT2D eigenvalue weighted by Gasteiger charge is -2.28. The highest BCUT2D eigenvalue weighted by molar-refractivity contribution is 9.09. The first-order chi connectivity index (χ1) is 12.0. The summed E-state index contributed by atoms with van der Waals surface area (Å²) in [5.41, 5.74) is -0.510. The second-order valence-corrected chi connectivity index (χ2v) is 6.21. The maximum absolute atomic E-state index is 11.3. The van der Waals surface area contributed by atoms with Crippen LogP contribution in [0.5, 0.6) is 0 Å². The van der Waals surface area contributed by atoms with Crippen molar-refractivity contribution in [1.82, 2.24) is 0 Å². The minimum Gasteiger partial charge on any atom is -0.505 e. The largest absolute Gasteiger partial charge is 0.505 e. The summed E-state index contributed by atoms with van der Waals surface area (Å²) in [7, 11) is 3.20. The summed E-state index contributed by atoms with van der Waals surface area (Å²) in [6, 6.07) is 7.40. The molecule has 0 fully saturated rings. The van der Waals surface area contributed by atoms with E-state index in [1.165, 1.54) is 24.3 Å². The number of alkyl halides is 1. The van der Waals surface area contributed by atoms with Crippen molar-refractivity contribution in [3.63, 3.8) is 0 Å². The molecule has 1 aliphatic rings. The maximum atomic E-state index is 11.3. The highest BCUT2D eigenvalue weighted by Gasteiger charge is 2.29. The van der Waals surface area contributed by atoms with Crippen LogP contribution in [0.25, 0.3) is 0 Å². The molecule has 0 amide bonds. The molecule has 25 heavy (non-hydrogen) atoms. The Kier molecular flexibility index (Phi) is 6.53. The van der Waals surface area contributed by atoms with E-state index in [0.29, 0.717) is 10.9 Å². The van der Waals surface area contributed by atoms with E-state index < -0.39 is 11.2 Å². The quantitative estimate of drug-likeness (QED) is 0.429. The van der Waals surface area contributed by atoms with Gasteiger partial charge in [0.05, 0.1) is 13.4 Å². The van der Waals surface area contributed by atoms with Crippen molar-refractivity contribution in [2.75, 3.05) is 19.5 Å². The number of aliphatic hydroxyl groups is 1. The number of benzene rings is 1. The first-order valence-electron chi connectivity index (χ1n) is 7.75. The summed E-state index contributed by atoms with van der Waals surface area (Å²) in [4.78, 5) is 11.3. The van der Waals surface area contributed by atoms with Crippen molar-refractivity contribution in [3.8, 4) is 0 Å². The van der Waals surface area contributed by atoms with Gasteiger partial charge in [-0.25, -0.2) is 0 Å². The molecule has 1 aromatic carbocycles. The van der Waals surface area contributed by atoms with Gasteiger partial charge in [-0.05, 0) is 47.6 Å². The lowest BCUT2D eigenvalue weighted by atomic mass is 9.86. The molecule has 0 spiro atoms. The van der Waals surface area contributed by atoms with Crippen molar-refractivity contribution in [2.24, 2.45) is 0 Å². The van der Waals surface area contributed by atoms with E-state index in [2.05, 4.69) is 15.9 Å². The molecule has 2 rings (SSSR count). The fraction of sp³-hybridized carbons (Fsp3) is 0.250. The third-order valence-electron chi connectivity index (χ3n) is 4.05. The second kappa shape index (κ2) is 8.43. The van der Waals surface area contributed by atoms with Crippen LogP contribution >= 0.6 is 15.9 Å². The summed E-state index contributed by atoms with van der Waals surface area (Å²) < 4.78 is 10.8. The molecule has 0 aromatic heterocycles. The van der Waals surface area contributed by atoms with Gasteiger partial charge in [0.1, 0.15) is 11.2 Å². The maximum Gasteiger partial charge on any atom is 0.178 e. The van der Waals surface area contributed by atoms with Crippen LogP contribution in [0.1, 0.15) is 11.1 Å². The minimum atomic E-state index is -1.28. The van der Waals surface area contributed by atoms with Gasteiger partial charge in [-0.3, -0.25) is 4.79 Å². The second-order valence-electron chi connectivity index (χ2n) is 5.56. The number of ketones is 1. The monoisotopic (exact) mass is 404 g/mol. The number of ether oxygens (including phenoxy) is 2. The van der Waals surface area contributed by atoms with Gasteiger partial charge in [0, 0.05) is 12.4 Å². The summed E-state index contributed by atoms with van der Waals surface area (Å²) in [6.45, 7) is 0. The summed E-state index contributed by atoms with van der Waals surface area (Å²) in [5.74, 6) is -0.135. The lowest BCUT2D eigenvalue weighted by molar-refractivity contribution is -0.110. The van der Waals surface area contributed by atoms with Crippen molar-refractivity contribution in [2.45, 2.75) is 11.2 Å². The van der Waals surface area contributed by atoms with Crippen molar-refractivity contribution < 1.29 is 19.4 Å². The third-order valence-corrected chi connectivity index (χ3v) is 4.42. The predicted molar refractivity (Wildman–Crippen MR) is 101 cm³/mol. The van der Waals surface area contributed by atoms with Crippen LogP contribution in [0.15, 0.2) is 73.1 Å². The van der Waals surface area contributed by atoms with E-state index in [4.69, 9.17) is 9.47 Å². The Morgan fingerprint density at radius 2 is 1.80 bits per heavy atom. The zero-order valence-corrected chi connectivity index (χ0v) is 15.8. The molecule has 0 heterocycles. The molecule has 0 bridgehead atoms. The number of carbonyl (C=O) groups excluding carboxylic acids is 1. The highest BCUT2D eigenvalue weighted by atomic mass is 79.9. The number of halogens is 1. The van der Waals surface area contributed by atoms with Gasteiger partial charge in [0.2, 0.25) is 0 Å². The Balaban J connectivity index is 2.40. The normalized spacial score (nSPS) is 18.8. The number of methoxy groups -OCH3 is 2. The Bertz CT molecular complexity index is 684. The molecule has 1 unspecified atom stereocenters. The molecular formula is C20H21BrO4. The molecule has 5 heteroatoms. The van der Waals surface area contributed by atoms with Gasteiger partial charge in [-0.1, -0.05) is 46.3 Å². The standard InChI is InChI=1S/C20H21BrO4/c1-24-15-13-20(25-2,10-3-14-21)17-6-4-16(5-7-17)19(23)11-8-18(22)9-12-19/h3-13,15,23H,14H2,1-2H3/b10-3-,15-13-. The van der Waals surface area contributed by atoms with Crippen LogP contribution in [0, 0.1) is 0 Å². The molecule has 132 valence electrons. The summed E-state index contributed by atoms with van der Waals surface area (Å²) in [6.07, 6.45) is 13.0. The average Bonchev–Trinajstić information content (AvgIpc) is 2.65. The summed E-state index contributed by atoms with van der Waals surface area (Å²) in [5, 5.41) is 11.4. The van der Waals surface area contributed by atoms with E-state index in [0.717, 1.165) is 5.56 Å². The van der Waals surface area contributed by atoms with E-state index in [9.17, 15) is 9.90 Å². The number of rotatable bonds is 7. The molecule has 0 saturated carbocycles. The van der Waals surface area contributed by atoms with Crippen LogP contribution in [0.3, 0.4) is 0 Å². The van der Waals surface area contributed by atoms with Gasteiger partial charge in [-0.2, -0.15) is 0 Å². The van der Waals surface area contributed by atoms with Gasteiger partial charge in [-0.15, -0.1) is 0 Å². The molecule has 1 aromatic rings. The SMILES string of the molecule is CO/C=C\C(/C=C\CBr)(OC)c1ccc(C2(O)C=CC(=O)C=C2)cc1. The fourth-order valence-electron chi connectivity index (χ4n) is 2.61. The zero-order valence-electron chi connectivity index (χ0n) is 14.2. The zero-order chi connectivity index (χ0) is 18.3. The van der Waals surface area contributed by atoms with Gasteiger partial charge >= 0.3 is 0 Å². The third kappa shape index (κ3) is 4.37. The van der Waals surface area contributed by atoms with Crippen molar-refractivity contribution in [3.05, 3.63) is 84.2 Å². The molecule has 4 nitrogen and oxygen atoms in total. The lowest BCUT2D eigenvalue weighted by Crippen LogP contribution is -2.25. The van der Waals surface area contributed by atoms with Crippen LogP contribution in [-0.2, 0) is 25.5 Å². The van der Waals surface area contributed by atoms with E-state index in [1.807, 2.05) is 42.5 Å². The molecule has 0 aliphatic heterocycles.